The quantitative estimate of drug-likeness (QED) is 0.646. The van der Waals surface area contributed by atoms with Crippen molar-refractivity contribution in [1.29, 1.82) is 0 Å². The van der Waals surface area contributed by atoms with Crippen LogP contribution in [0.2, 0.25) is 0 Å². The van der Waals surface area contributed by atoms with Crippen LogP contribution in [-0.4, -0.2) is 39.1 Å². The number of anilines is 1. The number of nitrogen functional groups attached to an aromatic ring is 1. The molecule has 1 amide bonds. The molecular formula is C19H21FN6O2. The van der Waals surface area contributed by atoms with Gasteiger partial charge in [-0.1, -0.05) is 6.07 Å². The summed E-state index contributed by atoms with van der Waals surface area (Å²) in [5.41, 5.74) is 9.85. The molecule has 8 nitrogen and oxygen atoms in total. The molecule has 0 fully saturated rings. The minimum Gasteiger partial charge on any atom is -0.493 e. The summed E-state index contributed by atoms with van der Waals surface area (Å²) >= 11 is 0. The number of halogens is 1. The Bertz CT molecular complexity index is 1080. The molecule has 0 saturated carbocycles. The topological polar surface area (TPSA) is 108 Å². The van der Waals surface area contributed by atoms with E-state index in [1.54, 1.807) is 11.6 Å². The van der Waals surface area contributed by atoms with Crippen molar-refractivity contribution in [3.05, 3.63) is 40.7 Å². The van der Waals surface area contributed by atoms with Gasteiger partial charge in [0.15, 0.2) is 17.0 Å². The van der Waals surface area contributed by atoms with Crippen LogP contribution in [0.3, 0.4) is 0 Å². The van der Waals surface area contributed by atoms with Crippen molar-refractivity contribution in [2.75, 3.05) is 19.4 Å². The van der Waals surface area contributed by atoms with E-state index in [9.17, 15) is 9.18 Å². The molecule has 0 saturated heterocycles. The third-order valence-corrected chi connectivity index (χ3v) is 5.01. The number of nitrogens with one attached hydrogen (secondary N) is 1. The number of rotatable bonds is 5. The fourth-order valence-electron chi connectivity index (χ4n) is 3.50. The van der Waals surface area contributed by atoms with Gasteiger partial charge in [-0.15, -0.1) is 0 Å². The molecule has 1 aromatic carbocycles. The number of ether oxygens (including phenoxy) is 1. The molecule has 0 aliphatic carbocycles. The van der Waals surface area contributed by atoms with E-state index in [1.165, 1.54) is 5.56 Å². The maximum absolute atomic E-state index is 13.8. The van der Waals surface area contributed by atoms with E-state index in [0.717, 1.165) is 23.3 Å². The Balaban J connectivity index is 1.77. The minimum atomic E-state index is -0.917. The number of fused-ring (bicyclic) bond motifs is 2. The highest BCUT2D eigenvalue weighted by atomic mass is 19.1. The highest BCUT2D eigenvalue weighted by Gasteiger charge is 2.20. The largest absolute Gasteiger partial charge is 0.493 e. The predicted molar refractivity (Wildman–Crippen MR) is 102 cm³/mol. The van der Waals surface area contributed by atoms with Crippen molar-refractivity contribution in [2.45, 2.75) is 32.7 Å². The summed E-state index contributed by atoms with van der Waals surface area (Å²) in [6.45, 7) is 3.04. The summed E-state index contributed by atoms with van der Waals surface area (Å²) in [7, 11) is 1.57. The molecule has 2 aromatic heterocycles. The lowest BCUT2D eigenvalue weighted by Crippen LogP contribution is -2.20. The van der Waals surface area contributed by atoms with Gasteiger partial charge >= 0.3 is 6.08 Å². The van der Waals surface area contributed by atoms with E-state index in [2.05, 4.69) is 26.3 Å². The lowest BCUT2D eigenvalue weighted by atomic mass is 10.0. The van der Waals surface area contributed by atoms with Crippen LogP contribution in [0.4, 0.5) is 10.2 Å². The lowest BCUT2D eigenvalue weighted by Gasteiger charge is -2.11. The molecule has 0 unspecified atom stereocenters. The maximum Gasteiger partial charge on any atom is 0.312 e. The molecule has 28 heavy (non-hydrogen) atoms. The maximum atomic E-state index is 13.8. The van der Waals surface area contributed by atoms with E-state index in [1.807, 2.05) is 13.0 Å². The second kappa shape index (κ2) is 7.06. The number of hydrogen-bond donors (Lipinski definition) is 2. The molecule has 0 radical (unpaired) electrons. The Morgan fingerprint density at radius 1 is 1.36 bits per heavy atom. The first-order valence-corrected chi connectivity index (χ1v) is 9.10. The summed E-state index contributed by atoms with van der Waals surface area (Å²) in [6.07, 6.45) is 0.687. The van der Waals surface area contributed by atoms with Gasteiger partial charge < -0.3 is 20.4 Å². The van der Waals surface area contributed by atoms with Crippen molar-refractivity contribution in [3.8, 4) is 5.75 Å². The van der Waals surface area contributed by atoms with Crippen LogP contribution in [0, 0.1) is 13.0 Å². The van der Waals surface area contributed by atoms with Gasteiger partial charge in [-0.05, 0) is 29.7 Å². The predicted octanol–water partition coefficient (Wildman–Crippen LogP) is 1.52. The number of imidazole rings is 1. The average molecular weight is 384 g/mol. The van der Waals surface area contributed by atoms with Gasteiger partial charge in [-0.3, -0.25) is 4.79 Å². The van der Waals surface area contributed by atoms with Crippen molar-refractivity contribution < 1.29 is 13.9 Å². The van der Waals surface area contributed by atoms with E-state index in [0.29, 0.717) is 36.6 Å². The normalized spacial score (nSPS) is 12.8. The van der Waals surface area contributed by atoms with Crippen LogP contribution in [0.15, 0.2) is 12.1 Å². The second-order valence-corrected chi connectivity index (χ2v) is 6.81. The monoisotopic (exact) mass is 384 g/mol. The summed E-state index contributed by atoms with van der Waals surface area (Å²) in [5.74, 6) is 1.39. The smallest absolute Gasteiger partial charge is 0.312 e. The van der Waals surface area contributed by atoms with E-state index in [-0.39, 0.29) is 18.1 Å². The molecule has 0 bridgehead atoms. The zero-order chi connectivity index (χ0) is 19.8. The van der Waals surface area contributed by atoms with Crippen LogP contribution in [-0.2, 0) is 24.2 Å². The molecule has 1 aliphatic rings. The molecule has 0 atom stereocenters. The first-order chi connectivity index (χ1) is 13.5. The fraction of sp³-hybridized carbons (Fsp3) is 0.368. The van der Waals surface area contributed by atoms with Gasteiger partial charge in [0.25, 0.3) is 0 Å². The van der Waals surface area contributed by atoms with Gasteiger partial charge in [0.05, 0.1) is 6.61 Å². The number of carbonyl (C=O) groups excluding carboxylic acids is 1. The molecule has 0 spiro atoms. The molecule has 3 N–H and O–H groups in total. The van der Waals surface area contributed by atoms with Gasteiger partial charge in [0, 0.05) is 32.9 Å². The summed E-state index contributed by atoms with van der Waals surface area (Å²) in [6, 6.07) is 4.15. The third-order valence-electron chi connectivity index (χ3n) is 5.01. The molecule has 3 aromatic rings. The minimum absolute atomic E-state index is 0.0172. The molecular weight excluding hydrogens is 363 g/mol. The number of aryl methyl sites for hydroxylation is 2. The van der Waals surface area contributed by atoms with Crippen LogP contribution < -0.4 is 15.8 Å². The molecule has 4 rings (SSSR count). The number of amides is 1. The molecule has 9 heteroatoms. The highest BCUT2D eigenvalue weighted by molar-refractivity contribution is 5.82. The van der Waals surface area contributed by atoms with Crippen molar-refractivity contribution >= 4 is 22.9 Å². The summed E-state index contributed by atoms with van der Waals surface area (Å²) in [4.78, 5) is 23.7. The van der Waals surface area contributed by atoms with E-state index < -0.39 is 6.08 Å². The average Bonchev–Trinajstić information content (AvgIpc) is 3.24. The Morgan fingerprint density at radius 3 is 2.96 bits per heavy atom. The van der Waals surface area contributed by atoms with Crippen molar-refractivity contribution in [2.24, 2.45) is 0 Å². The summed E-state index contributed by atoms with van der Waals surface area (Å²) < 4.78 is 21.2. The lowest BCUT2D eigenvalue weighted by molar-refractivity contribution is -0.120. The second-order valence-electron chi connectivity index (χ2n) is 6.81. The molecule has 3 heterocycles. The molecule has 1 aliphatic heterocycles. The Morgan fingerprint density at radius 2 is 2.18 bits per heavy atom. The summed E-state index contributed by atoms with van der Waals surface area (Å²) in [5, 5.41) is 2.58. The highest BCUT2D eigenvalue weighted by Crippen LogP contribution is 2.30. The first kappa shape index (κ1) is 18.1. The number of nitrogens with two attached hydrogens (primary N) is 1. The van der Waals surface area contributed by atoms with E-state index in [4.69, 9.17) is 10.5 Å². The number of hydrogen-bond acceptors (Lipinski definition) is 6. The van der Waals surface area contributed by atoms with E-state index >= 15 is 0 Å². The zero-order valence-electron chi connectivity index (χ0n) is 15.8. The van der Waals surface area contributed by atoms with Crippen LogP contribution in [0.25, 0.3) is 11.2 Å². The number of aromatic nitrogens is 4. The first-order valence-electron chi connectivity index (χ1n) is 9.10. The van der Waals surface area contributed by atoms with Gasteiger partial charge in [-0.25, -0.2) is 4.98 Å². The standard InChI is InChI=1S/C19H21FN6O2/c1-10-7-11-4-6-28-13(11)8-12(10)9-14-23-16-17(21)24-19(20)25-18(16)26(14)5-3-15(27)22-2/h7-8H,3-6,9H2,1-2H3,(H,22,27)(H2,21,24,25). The van der Waals surface area contributed by atoms with Crippen LogP contribution in [0.1, 0.15) is 28.9 Å². The van der Waals surface area contributed by atoms with Gasteiger partial charge in [-0.2, -0.15) is 14.4 Å². The fourth-order valence-corrected chi connectivity index (χ4v) is 3.50. The zero-order valence-corrected chi connectivity index (χ0v) is 15.8. The Labute approximate surface area is 160 Å². The Hall–Kier alpha value is -3.23. The molecule has 146 valence electrons. The number of benzene rings is 1. The Kier molecular flexibility index (Phi) is 4.58. The van der Waals surface area contributed by atoms with Crippen molar-refractivity contribution in [3.63, 3.8) is 0 Å². The van der Waals surface area contributed by atoms with Crippen LogP contribution >= 0.6 is 0 Å². The van der Waals surface area contributed by atoms with Crippen LogP contribution in [0.5, 0.6) is 5.75 Å². The van der Waals surface area contributed by atoms with Gasteiger partial charge in [0.2, 0.25) is 5.91 Å². The number of nitrogens with zero attached hydrogens (tertiary/aromatic N) is 4. The SMILES string of the molecule is CNC(=O)CCn1c(Cc2cc3c(cc2C)CCO3)nc2c(N)nc(F)nc21. The van der Waals surface area contributed by atoms with Gasteiger partial charge in [0.1, 0.15) is 11.6 Å². The van der Waals surface area contributed by atoms with Crippen molar-refractivity contribution in [1.82, 2.24) is 24.8 Å². The number of carbonyl (C=O) groups is 1. The third kappa shape index (κ3) is 3.23.